The van der Waals surface area contributed by atoms with Crippen molar-refractivity contribution in [3.8, 4) is 0 Å². The Labute approximate surface area is 107 Å². The number of hydrogen-bond donors (Lipinski definition) is 1. The maximum atomic E-state index is 12.2. The van der Waals surface area contributed by atoms with Crippen LogP contribution in [0.15, 0.2) is 11.0 Å². The lowest BCUT2D eigenvalue weighted by Gasteiger charge is -2.18. The van der Waals surface area contributed by atoms with E-state index in [1.54, 1.807) is 19.9 Å². The van der Waals surface area contributed by atoms with E-state index in [0.717, 1.165) is 4.31 Å². The first-order valence-corrected chi connectivity index (χ1v) is 6.81. The van der Waals surface area contributed by atoms with Crippen LogP contribution in [0.25, 0.3) is 0 Å². The number of rotatable bonds is 3. The molecule has 0 unspecified atom stereocenters. The summed E-state index contributed by atoms with van der Waals surface area (Å²) in [7, 11) is -0.791. The number of carbonyl (C=O) groups is 1. The van der Waals surface area contributed by atoms with Crippen molar-refractivity contribution in [1.82, 2.24) is 4.31 Å². The molecule has 100 valence electrons. The topological polar surface area (TPSA) is 74.7 Å². The molecule has 0 radical (unpaired) electrons. The highest BCUT2D eigenvalue weighted by molar-refractivity contribution is 7.89. The second-order valence-electron chi connectivity index (χ2n) is 4.43. The van der Waals surface area contributed by atoms with E-state index in [-0.39, 0.29) is 16.0 Å². The van der Waals surface area contributed by atoms with Crippen molar-refractivity contribution in [3.63, 3.8) is 0 Å². The van der Waals surface area contributed by atoms with Gasteiger partial charge in [-0.05, 0) is 37.5 Å². The molecular weight excluding hydrogens is 254 g/mol. The highest BCUT2D eigenvalue weighted by Crippen LogP contribution is 2.27. The predicted octanol–water partition coefficient (Wildman–Crippen LogP) is 1.56. The Kier molecular flexibility index (Phi) is 3.83. The van der Waals surface area contributed by atoms with Crippen molar-refractivity contribution in [2.45, 2.75) is 25.7 Å². The summed E-state index contributed by atoms with van der Waals surface area (Å²) in [4.78, 5) is 11.3. The minimum Gasteiger partial charge on any atom is -0.478 e. The molecule has 1 rings (SSSR count). The van der Waals surface area contributed by atoms with Crippen molar-refractivity contribution in [2.24, 2.45) is 0 Å². The van der Waals surface area contributed by atoms with Gasteiger partial charge in [0.1, 0.15) is 0 Å². The lowest BCUT2D eigenvalue weighted by atomic mass is 10.00. The summed E-state index contributed by atoms with van der Waals surface area (Å²) >= 11 is 0. The van der Waals surface area contributed by atoms with Gasteiger partial charge >= 0.3 is 5.97 Å². The first kappa shape index (κ1) is 14.7. The smallest absolute Gasteiger partial charge is 0.336 e. The van der Waals surface area contributed by atoms with E-state index in [1.165, 1.54) is 21.0 Å². The molecule has 0 bridgehead atoms. The van der Waals surface area contributed by atoms with Crippen molar-refractivity contribution in [1.29, 1.82) is 0 Å². The lowest BCUT2D eigenvalue weighted by molar-refractivity contribution is 0.0695. The van der Waals surface area contributed by atoms with Gasteiger partial charge in [0.25, 0.3) is 0 Å². The van der Waals surface area contributed by atoms with E-state index in [1.807, 2.05) is 0 Å². The van der Waals surface area contributed by atoms with Crippen LogP contribution >= 0.6 is 0 Å². The van der Waals surface area contributed by atoms with Gasteiger partial charge < -0.3 is 5.11 Å². The zero-order chi connectivity index (χ0) is 14.2. The van der Waals surface area contributed by atoms with Crippen LogP contribution in [0.4, 0.5) is 0 Å². The molecule has 0 saturated heterocycles. The molecule has 1 aromatic carbocycles. The van der Waals surface area contributed by atoms with Gasteiger partial charge in [-0.1, -0.05) is 6.07 Å². The average molecular weight is 271 g/mol. The van der Waals surface area contributed by atoms with Gasteiger partial charge in [0, 0.05) is 14.1 Å². The molecule has 1 N–H and O–H groups in total. The number of nitrogens with zero attached hydrogens (tertiary/aromatic N) is 1. The van der Waals surface area contributed by atoms with Gasteiger partial charge in [0.05, 0.1) is 10.5 Å². The third kappa shape index (κ3) is 2.26. The zero-order valence-electron chi connectivity index (χ0n) is 11.1. The summed E-state index contributed by atoms with van der Waals surface area (Å²) < 4.78 is 25.5. The zero-order valence-corrected chi connectivity index (χ0v) is 11.9. The van der Waals surface area contributed by atoms with Gasteiger partial charge in [-0.3, -0.25) is 0 Å². The number of sulfonamides is 1. The molecule has 0 fully saturated rings. The SMILES string of the molecule is Cc1cc(C)c(S(=O)(=O)N(C)C)c(C)c1C(=O)O. The summed E-state index contributed by atoms with van der Waals surface area (Å²) in [5.41, 5.74) is 1.47. The number of aromatic carboxylic acids is 1. The quantitative estimate of drug-likeness (QED) is 0.905. The Balaban J connectivity index is 3.78. The highest BCUT2D eigenvalue weighted by atomic mass is 32.2. The van der Waals surface area contributed by atoms with Gasteiger partial charge in [-0.15, -0.1) is 0 Å². The van der Waals surface area contributed by atoms with Crippen molar-refractivity contribution in [3.05, 3.63) is 28.3 Å². The largest absolute Gasteiger partial charge is 0.478 e. The molecule has 0 aromatic heterocycles. The molecule has 1 aromatic rings. The molecule has 0 saturated carbocycles. The lowest BCUT2D eigenvalue weighted by Crippen LogP contribution is -2.25. The van der Waals surface area contributed by atoms with Gasteiger partial charge in [0.15, 0.2) is 0 Å². The monoisotopic (exact) mass is 271 g/mol. The van der Waals surface area contributed by atoms with E-state index < -0.39 is 16.0 Å². The van der Waals surface area contributed by atoms with Crippen molar-refractivity contribution < 1.29 is 18.3 Å². The van der Waals surface area contributed by atoms with E-state index in [0.29, 0.717) is 11.1 Å². The summed E-state index contributed by atoms with van der Waals surface area (Å²) in [6.07, 6.45) is 0. The molecule has 0 atom stereocenters. The Hall–Kier alpha value is -1.40. The van der Waals surface area contributed by atoms with Gasteiger partial charge in [-0.2, -0.15) is 0 Å². The van der Waals surface area contributed by atoms with Crippen LogP contribution in [-0.2, 0) is 10.0 Å². The van der Waals surface area contributed by atoms with Crippen LogP contribution in [0.3, 0.4) is 0 Å². The third-order valence-corrected chi connectivity index (χ3v) is 4.96. The van der Waals surface area contributed by atoms with Crippen LogP contribution < -0.4 is 0 Å². The van der Waals surface area contributed by atoms with Gasteiger partial charge in [-0.25, -0.2) is 17.5 Å². The van der Waals surface area contributed by atoms with Crippen molar-refractivity contribution in [2.75, 3.05) is 14.1 Å². The van der Waals surface area contributed by atoms with Crippen LogP contribution in [0.5, 0.6) is 0 Å². The van der Waals surface area contributed by atoms with Crippen LogP contribution in [0.2, 0.25) is 0 Å². The molecule has 18 heavy (non-hydrogen) atoms. The van der Waals surface area contributed by atoms with E-state index in [9.17, 15) is 13.2 Å². The summed E-state index contributed by atoms with van der Waals surface area (Å²) in [6, 6.07) is 1.59. The number of aryl methyl sites for hydroxylation is 2. The molecule has 0 amide bonds. The van der Waals surface area contributed by atoms with Crippen LogP contribution in [0.1, 0.15) is 27.0 Å². The first-order valence-electron chi connectivity index (χ1n) is 5.37. The van der Waals surface area contributed by atoms with E-state index in [4.69, 9.17) is 5.11 Å². The molecule has 0 heterocycles. The minimum absolute atomic E-state index is 0.0565. The maximum absolute atomic E-state index is 12.2. The molecule has 5 nitrogen and oxygen atoms in total. The van der Waals surface area contributed by atoms with Crippen LogP contribution in [-0.4, -0.2) is 37.9 Å². The summed E-state index contributed by atoms with van der Waals surface area (Å²) in [5.74, 6) is -1.11. The Morgan fingerprint density at radius 1 is 1.17 bits per heavy atom. The van der Waals surface area contributed by atoms with Gasteiger partial charge in [0.2, 0.25) is 10.0 Å². The predicted molar refractivity (Wildman–Crippen MR) is 68.5 cm³/mol. The highest BCUT2D eigenvalue weighted by Gasteiger charge is 2.26. The third-order valence-electron chi connectivity index (χ3n) is 2.85. The molecule has 0 spiro atoms. The fraction of sp³-hybridized carbons (Fsp3) is 0.417. The van der Waals surface area contributed by atoms with Crippen LogP contribution in [0, 0.1) is 20.8 Å². The normalized spacial score (nSPS) is 11.9. The molecule has 0 aliphatic rings. The number of benzene rings is 1. The molecular formula is C12H17NO4S. The number of carboxylic acid groups (broad SMARTS) is 1. The molecule has 0 aliphatic heterocycles. The second-order valence-corrected chi connectivity index (χ2v) is 6.52. The average Bonchev–Trinajstić information content (AvgIpc) is 2.14. The standard InChI is InChI=1S/C12H17NO4S/c1-7-6-8(2)11(18(16,17)13(4)5)9(3)10(7)12(14)15/h6H,1-5H3,(H,14,15). The van der Waals surface area contributed by atoms with Crippen molar-refractivity contribution >= 4 is 16.0 Å². The number of hydrogen-bond acceptors (Lipinski definition) is 3. The Morgan fingerprint density at radius 2 is 1.67 bits per heavy atom. The summed E-state index contributed by atoms with van der Waals surface area (Å²) in [5, 5.41) is 9.16. The Bertz CT molecular complexity index is 603. The fourth-order valence-corrected chi connectivity index (χ4v) is 3.40. The second kappa shape index (κ2) is 4.70. The molecule has 6 heteroatoms. The number of carboxylic acids is 1. The maximum Gasteiger partial charge on any atom is 0.336 e. The molecule has 0 aliphatic carbocycles. The van der Waals surface area contributed by atoms with E-state index in [2.05, 4.69) is 0 Å². The minimum atomic E-state index is -3.64. The Morgan fingerprint density at radius 3 is 2.06 bits per heavy atom. The first-order chi connectivity index (χ1) is 8.10. The summed E-state index contributed by atoms with van der Waals surface area (Å²) in [6.45, 7) is 4.86. The fourth-order valence-electron chi connectivity index (χ4n) is 2.08. The van der Waals surface area contributed by atoms with E-state index >= 15 is 0 Å².